The molecule has 3 aromatic rings. The molecule has 0 saturated heterocycles. The van der Waals surface area contributed by atoms with Crippen LogP contribution in [0.1, 0.15) is 22.3 Å². The molecule has 0 bridgehead atoms. The first-order valence-electron chi connectivity index (χ1n) is 10.0. The van der Waals surface area contributed by atoms with Gasteiger partial charge in [0.25, 0.3) is 0 Å². The van der Waals surface area contributed by atoms with Gasteiger partial charge in [-0.2, -0.15) is 0 Å². The van der Waals surface area contributed by atoms with Gasteiger partial charge in [0.2, 0.25) is 5.91 Å². The van der Waals surface area contributed by atoms with Crippen LogP contribution >= 0.6 is 11.3 Å². The van der Waals surface area contributed by atoms with Crippen LogP contribution in [0.2, 0.25) is 0 Å². The average Bonchev–Trinajstić information content (AvgIpc) is 3.43. The Bertz CT molecular complexity index is 1100. The van der Waals surface area contributed by atoms with Crippen molar-refractivity contribution in [1.82, 2.24) is 15.3 Å². The number of ether oxygens (including phenoxy) is 2. The normalized spacial score (nSPS) is 13.2. The number of hydrogen-bond donors (Lipinski definition) is 3. The number of amides is 1. The van der Waals surface area contributed by atoms with E-state index in [9.17, 15) is 9.59 Å². The Morgan fingerprint density at radius 1 is 1.38 bits per heavy atom. The average molecular weight is 455 g/mol. The van der Waals surface area contributed by atoms with Gasteiger partial charge in [-0.25, -0.2) is 9.78 Å². The number of esters is 1. The van der Waals surface area contributed by atoms with E-state index in [2.05, 4.69) is 21.9 Å². The van der Waals surface area contributed by atoms with Gasteiger partial charge in [-0.1, -0.05) is 30.9 Å². The van der Waals surface area contributed by atoms with Crippen LogP contribution in [0.15, 0.2) is 54.6 Å². The highest BCUT2D eigenvalue weighted by molar-refractivity contribution is 7.09. The summed E-state index contributed by atoms with van der Waals surface area (Å²) in [6.07, 6.45) is 6.51. The summed E-state index contributed by atoms with van der Waals surface area (Å²) in [6, 6.07) is 6.59. The Kier molecular flexibility index (Phi) is 8.32. The minimum atomic E-state index is -0.854. The molecule has 9 heteroatoms. The number of hydrogen-bond acceptors (Lipinski definition) is 7. The molecule has 2 aromatic heterocycles. The number of carbonyl (C=O) groups is 2. The van der Waals surface area contributed by atoms with Gasteiger partial charge in [0.1, 0.15) is 17.7 Å². The van der Waals surface area contributed by atoms with E-state index in [1.807, 2.05) is 30.5 Å². The highest BCUT2D eigenvalue weighted by Gasteiger charge is 2.23. The number of carbonyl (C=O) groups excluding carboxylic acids is 2. The Hall–Kier alpha value is -3.27. The number of fused-ring (bicyclic) bond motifs is 1. The lowest BCUT2D eigenvalue weighted by Crippen LogP contribution is -2.42. The fourth-order valence-corrected chi connectivity index (χ4v) is 3.91. The Morgan fingerprint density at radius 3 is 2.97 bits per heavy atom. The van der Waals surface area contributed by atoms with E-state index < -0.39 is 17.9 Å². The van der Waals surface area contributed by atoms with Crippen molar-refractivity contribution in [2.75, 3.05) is 20.3 Å². The van der Waals surface area contributed by atoms with E-state index in [1.54, 1.807) is 18.6 Å². The molecule has 0 fully saturated rings. The lowest BCUT2D eigenvalue weighted by Gasteiger charge is -2.16. The van der Waals surface area contributed by atoms with Gasteiger partial charge >= 0.3 is 5.97 Å². The molecule has 0 aliphatic rings. The lowest BCUT2D eigenvalue weighted by atomic mass is 10.0. The topological polar surface area (TPSA) is 119 Å². The maximum absolute atomic E-state index is 12.6. The lowest BCUT2D eigenvalue weighted by molar-refractivity contribution is -0.146. The molecule has 3 rings (SSSR count). The number of nitrogens with one attached hydrogen (secondary N) is 2. The number of aromatic nitrogens is 2. The van der Waals surface area contributed by atoms with E-state index in [0.717, 1.165) is 21.5 Å². The van der Waals surface area contributed by atoms with Gasteiger partial charge in [0.05, 0.1) is 18.3 Å². The molecule has 168 valence electrons. The van der Waals surface area contributed by atoms with Crippen LogP contribution in [0.25, 0.3) is 17.0 Å². The number of nitrogens with two attached hydrogens (primary N) is 1. The molecule has 0 radical (unpaired) electrons. The van der Waals surface area contributed by atoms with E-state index in [4.69, 9.17) is 15.2 Å². The zero-order chi connectivity index (χ0) is 22.9. The van der Waals surface area contributed by atoms with Crippen molar-refractivity contribution in [2.45, 2.75) is 18.5 Å². The highest BCUT2D eigenvalue weighted by Crippen LogP contribution is 2.20. The fourth-order valence-electron chi connectivity index (χ4n) is 3.13. The van der Waals surface area contributed by atoms with Crippen molar-refractivity contribution in [3.05, 3.63) is 70.8 Å². The fraction of sp³-hybridized carbons (Fsp3) is 0.261. The molecule has 0 saturated carbocycles. The summed E-state index contributed by atoms with van der Waals surface area (Å²) >= 11 is 1.39. The maximum Gasteiger partial charge on any atom is 0.329 e. The van der Waals surface area contributed by atoms with Crippen molar-refractivity contribution >= 4 is 40.2 Å². The second kappa shape index (κ2) is 11.4. The number of nitrogens with zero attached hydrogens (tertiary/aromatic N) is 1. The second-order valence-electron chi connectivity index (χ2n) is 7.05. The monoisotopic (exact) mass is 454 g/mol. The van der Waals surface area contributed by atoms with Crippen molar-refractivity contribution in [3.63, 3.8) is 0 Å². The third-order valence-electron chi connectivity index (χ3n) is 4.65. The van der Waals surface area contributed by atoms with Gasteiger partial charge in [-0.3, -0.25) is 4.79 Å². The number of aromatic amines is 1. The third kappa shape index (κ3) is 6.13. The molecular weight excluding hydrogens is 428 g/mol. The maximum atomic E-state index is 12.6. The standard InChI is InChI=1S/C23H26N4O4S/c1-3-10-31-23(29)20(11-15-12-25-19-7-5-4-6-17(15)19)27-21(28)9-8-16-14-32-22(26-16)18(24)13-30-2/h3-9,12,14,18,20,25H,1,10-11,13,24H2,2H3,(H,27,28)/b9-8+/t18-,20-/m0/s1. The molecule has 0 aliphatic carbocycles. The number of rotatable bonds is 11. The summed E-state index contributed by atoms with van der Waals surface area (Å²) in [6.45, 7) is 3.98. The summed E-state index contributed by atoms with van der Waals surface area (Å²) < 4.78 is 10.2. The molecule has 0 spiro atoms. The molecule has 1 aromatic carbocycles. The zero-order valence-electron chi connectivity index (χ0n) is 17.7. The van der Waals surface area contributed by atoms with Crippen LogP contribution in [0, 0.1) is 0 Å². The van der Waals surface area contributed by atoms with Crippen LogP contribution in [0.3, 0.4) is 0 Å². The van der Waals surface area contributed by atoms with E-state index in [-0.39, 0.29) is 19.1 Å². The number of benzene rings is 1. The quantitative estimate of drug-likeness (QED) is 0.233. The van der Waals surface area contributed by atoms with Crippen LogP contribution in [0.5, 0.6) is 0 Å². The summed E-state index contributed by atoms with van der Waals surface area (Å²) in [4.78, 5) is 32.7. The van der Waals surface area contributed by atoms with Gasteiger partial charge < -0.3 is 25.5 Å². The van der Waals surface area contributed by atoms with E-state index >= 15 is 0 Å². The number of H-pyrrole nitrogens is 1. The molecule has 0 aliphatic heterocycles. The van der Waals surface area contributed by atoms with Crippen LogP contribution in [-0.2, 0) is 25.5 Å². The molecule has 4 N–H and O–H groups in total. The molecule has 0 unspecified atom stereocenters. The smallest absolute Gasteiger partial charge is 0.329 e. The van der Waals surface area contributed by atoms with Crippen molar-refractivity contribution < 1.29 is 19.1 Å². The molecule has 1 amide bonds. The van der Waals surface area contributed by atoms with Crippen LogP contribution in [0.4, 0.5) is 0 Å². The highest BCUT2D eigenvalue weighted by atomic mass is 32.1. The van der Waals surface area contributed by atoms with Crippen molar-refractivity contribution in [3.8, 4) is 0 Å². The van der Waals surface area contributed by atoms with Crippen molar-refractivity contribution in [2.24, 2.45) is 5.73 Å². The Labute approximate surface area is 190 Å². The minimum absolute atomic E-state index is 0.0677. The Morgan fingerprint density at radius 2 is 2.19 bits per heavy atom. The summed E-state index contributed by atoms with van der Waals surface area (Å²) in [5.41, 5.74) is 8.44. The first-order chi connectivity index (χ1) is 15.5. The molecular formula is C23H26N4O4S. The van der Waals surface area contributed by atoms with Gasteiger partial charge in [-0.05, 0) is 17.7 Å². The SMILES string of the molecule is C=CCOC(=O)[C@H](Cc1c[nH]c2ccccc12)NC(=O)/C=C/c1csc([C@@H](N)COC)n1. The van der Waals surface area contributed by atoms with Gasteiger partial charge in [0, 0.05) is 42.1 Å². The molecule has 32 heavy (non-hydrogen) atoms. The molecule has 2 heterocycles. The third-order valence-corrected chi connectivity index (χ3v) is 5.65. The van der Waals surface area contributed by atoms with Crippen LogP contribution in [-0.4, -0.2) is 48.2 Å². The number of methoxy groups -OCH3 is 1. The van der Waals surface area contributed by atoms with Crippen LogP contribution < -0.4 is 11.1 Å². The van der Waals surface area contributed by atoms with Gasteiger partial charge in [-0.15, -0.1) is 11.3 Å². The summed E-state index contributed by atoms with van der Waals surface area (Å²) in [5.74, 6) is -0.959. The van der Waals surface area contributed by atoms with Gasteiger partial charge in [0.15, 0.2) is 0 Å². The first kappa shape index (κ1) is 23.4. The van der Waals surface area contributed by atoms with E-state index in [0.29, 0.717) is 12.3 Å². The summed E-state index contributed by atoms with van der Waals surface area (Å²) in [7, 11) is 1.57. The Balaban J connectivity index is 1.69. The largest absolute Gasteiger partial charge is 0.460 e. The first-order valence-corrected chi connectivity index (χ1v) is 10.9. The minimum Gasteiger partial charge on any atom is -0.460 e. The second-order valence-corrected chi connectivity index (χ2v) is 7.94. The molecule has 2 atom stereocenters. The predicted octanol–water partition coefficient (Wildman–Crippen LogP) is 2.74. The molecule has 8 nitrogen and oxygen atoms in total. The predicted molar refractivity (Wildman–Crippen MR) is 125 cm³/mol. The van der Waals surface area contributed by atoms with Crippen molar-refractivity contribution in [1.29, 1.82) is 0 Å². The van der Waals surface area contributed by atoms with E-state index in [1.165, 1.54) is 23.5 Å². The number of para-hydroxylation sites is 1. The zero-order valence-corrected chi connectivity index (χ0v) is 18.6. The summed E-state index contributed by atoms with van der Waals surface area (Å²) in [5, 5.41) is 6.24. The number of thiazole rings is 1.